The lowest BCUT2D eigenvalue weighted by Gasteiger charge is -2.20. The van der Waals surface area contributed by atoms with Crippen molar-refractivity contribution in [3.8, 4) is 0 Å². The van der Waals surface area contributed by atoms with Crippen molar-refractivity contribution in [1.29, 1.82) is 0 Å². The highest BCUT2D eigenvalue weighted by atomic mass is 19.1. The van der Waals surface area contributed by atoms with Crippen LogP contribution in [0.15, 0.2) is 12.1 Å². The number of fused-ring (bicyclic) bond motifs is 1. The molecule has 1 heterocycles. The number of likely N-dealkylation sites (N-methyl/N-ethyl adjacent to an activating group) is 1. The molecular formula is C14H18FN3O. The quantitative estimate of drug-likeness (QED) is 0.849. The molecule has 0 unspecified atom stereocenters. The number of benzene rings is 1. The van der Waals surface area contributed by atoms with Gasteiger partial charge < -0.3 is 9.64 Å². The molecule has 0 atom stereocenters. The molecule has 0 aliphatic carbocycles. The first-order valence-electron chi connectivity index (χ1n) is 6.17. The summed E-state index contributed by atoms with van der Waals surface area (Å²) in [5, 5.41) is 9.86. The molecule has 19 heavy (non-hydrogen) atoms. The fourth-order valence-corrected chi connectivity index (χ4v) is 2.06. The Balaban J connectivity index is 2.52. The molecule has 2 aromatic rings. The monoisotopic (exact) mass is 263 g/mol. The van der Waals surface area contributed by atoms with Crippen LogP contribution < -0.4 is 4.90 Å². The predicted octanol–water partition coefficient (Wildman–Crippen LogP) is 2.47. The minimum atomic E-state index is -0.249. The second kappa shape index (κ2) is 5.48. The van der Waals surface area contributed by atoms with Gasteiger partial charge in [0, 0.05) is 31.5 Å². The van der Waals surface area contributed by atoms with Gasteiger partial charge in [-0.15, -0.1) is 0 Å². The van der Waals surface area contributed by atoms with Crippen molar-refractivity contribution in [1.82, 2.24) is 10.2 Å². The molecule has 0 bridgehead atoms. The van der Waals surface area contributed by atoms with Gasteiger partial charge in [-0.2, -0.15) is 10.2 Å². The number of hydrogen-bond donors (Lipinski definition) is 0. The van der Waals surface area contributed by atoms with E-state index in [-0.39, 0.29) is 5.82 Å². The van der Waals surface area contributed by atoms with Crippen LogP contribution in [0.1, 0.15) is 11.4 Å². The lowest BCUT2D eigenvalue weighted by Crippen LogP contribution is -2.23. The Kier molecular flexibility index (Phi) is 3.95. The first-order chi connectivity index (χ1) is 9.04. The highest BCUT2D eigenvalue weighted by molar-refractivity contribution is 5.89. The summed E-state index contributed by atoms with van der Waals surface area (Å²) in [5.74, 6) is -0.249. The average Bonchev–Trinajstić information content (AvgIpc) is 2.40. The third kappa shape index (κ3) is 2.66. The van der Waals surface area contributed by atoms with E-state index in [2.05, 4.69) is 10.2 Å². The lowest BCUT2D eigenvalue weighted by molar-refractivity contribution is 0.206. The van der Waals surface area contributed by atoms with Gasteiger partial charge in [0.1, 0.15) is 5.82 Å². The van der Waals surface area contributed by atoms with Gasteiger partial charge in [0.25, 0.3) is 0 Å². The summed E-state index contributed by atoms with van der Waals surface area (Å²) in [4.78, 5) is 1.84. The number of aryl methyl sites for hydroxylation is 2. The van der Waals surface area contributed by atoms with E-state index in [1.54, 1.807) is 7.11 Å². The van der Waals surface area contributed by atoms with Gasteiger partial charge in [-0.3, -0.25) is 0 Å². The predicted molar refractivity (Wildman–Crippen MR) is 74.1 cm³/mol. The van der Waals surface area contributed by atoms with Gasteiger partial charge in [-0.1, -0.05) is 0 Å². The summed E-state index contributed by atoms with van der Waals surface area (Å²) in [6.07, 6.45) is 0. The maximum atomic E-state index is 14.2. The Labute approximate surface area is 112 Å². The molecule has 0 aliphatic heterocycles. The highest BCUT2D eigenvalue weighted by Gasteiger charge is 2.12. The largest absolute Gasteiger partial charge is 0.383 e. The number of rotatable bonds is 4. The zero-order chi connectivity index (χ0) is 14.0. The summed E-state index contributed by atoms with van der Waals surface area (Å²) < 4.78 is 19.2. The first kappa shape index (κ1) is 13.7. The summed E-state index contributed by atoms with van der Waals surface area (Å²) in [7, 11) is 3.48. The van der Waals surface area contributed by atoms with Crippen LogP contribution in [-0.4, -0.2) is 37.5 Å². The topological polar surface area (TPSA) is 38.2 Å². The Morgan fingerprint density at radius 3 is 2.32 bits per heavy atom. The van der Waals surface area contributed by atoms with Crippen LogP contribution >= 0.6 is 0 Å². The van der Waals surface area contributed by atoms with Crippen molar-refractivity contribution < 1.29 is 9.13 Å². The molecule has 0 aliphatic rings. The van der Waals surface area contributed by atoms with Crippen LogP contribution in [0.2, 0.25) is 0 Å². The molecule has 102 valence electrons. The Bertz CT molecular complexity index is 601. The van der Waals surface area contributed by atoms with E-state index in [4.69, 9.17) is 4.74 Å². The van der Waals surface area contributed by atoms with Crippen molar-refractivity contribution in [2.45, 2.75) is 13.8 Å². The summed E-state index contributed by atoms with van der Waals surface area (Å²) in [6, 6.07) is 3.36. The van der Waals surface area contributed by atoms with Crippen molar-refractivity contribution in [2.24, 2.45) is 0 Å². The number of methoxy groups -OCH3 is 1. The summed E-state index contributed by atoms with van der Waals surface area (Å²) in [6.45, 7) is 4.91. The zero-order valence-electron chi connectivity index (χ0n) is 11.7. The van der Waals surface area contributed by atoms with Gasteiger partial charge in [0.05, 0.1) is 23.7 Å². The number of hydrogen-bond acceptors (Lipinski definition) is 4. The Hall–Kier alpha value is -1.75. The maximum absolute atomic E-state index is 14.2. The number of ether oxygens (including phenoxy) is 1. The lowest BCUT2D eigenvalue weighted by atomic mass is 10.1. The van der Waals surface area contributed by atoms with Crippen molar-refractivity contribution in [2.75, 3.05) is 32.2 Å². The van der Waals surface area contributed by atoms with Crippen molar-refractivity contribution in [3.05, 3.63) is 29.3 Å². The van der Waals surface area contributed by atoms with Crippen LogP contribution in [0.25, 0.3) is 10.8 Å². The van der Waals surface area contributed by atoms with Crippen LogP contribution in [0.3, 0.4) is 0 Å². The second-order valence-electron chi connectivity index (χ2n) is 4.63. The first-order valence-corrected chi connectivity index (χ1v) is 6.17. The van der Waals surface area contributed by atoms with E-state index < -0.39 is 0 Å². The van der Waals surface area contributed by atoms with Gasteiger partial charge in [-0.05, 0) is 26.0 Å². The van der Waals surface area contributed by atoms with Crippen LogP contribution in [0.5, 0.6) is 0 Å². The number of halogens is 1. The molecule has 1 aromatic carbocycles. The normalized spacial score (nSPS) is 11.0. The smallest absolute Gasteiger partial charge is 0.147 e. The van der Waals surface area contributed by atoms with E-state index in [9.17, 15) is 4.39 Å². The van der Waals surface area contributed by atoms with Crippen molar-refractivity contribution in [3.63, 3.8) is 0 Å². The molecule has 0 spiro atoms. The Morgan fingerprint density at radius 2 is 1.74 bits per heavy atom. The number of aromatic nitrogens is 2. The summed E-state index contributed by atoms with van der Waals surface area (Å²) >= 11 is 0. The minimum absolute atomic E-state index is 0.249. The molecule has 0 radical (unpaired) electrons. The molecule has 1 aromatic heterocycles. The molecule has 0 amide bonds. The van der Waals surface area contributed by atoms with Gasteiger partial charge in [0.15, 0.2) is 0 Å². The minimum Gasteiger partial charge on any atom is -0.383 e. The number of anilines is 1. The fourth-order valence-electron chi connectivity index (χ4n) is 2.06. The Morgan fingerprint density at radius 1 is 1.16 bits per heavy atom. The third-order valence-corrected chi connectivity index (χ3v) is 3.26. The molecule has 0 saturated heterocycles. The standard InChI is InChI=1S/C14H18FN3O/c1-9-11-7-13(15)14(18(3)5-6-19-4)8-12(11)10(2)17-16-9/h7-8H,5-6H2,1-4H3. The highest BCUT2D eigenvalue weighted by Crippen LogP contribution is 2.27. The molecule has 0 fully saturated rings. The third-order valence-electron chi connectivity index (χ3n) is 3.26. The summed E-state index contributed by atoms with van der Waals surface area (Å²) in [5.41, 5.74) is 2.10. The number of nitrogens with zero attached hydrogens (tertiary/aromatic N) is 3. The molecule has 0 saturated carbocycles. The van der Waals surface area contributed by atoms with E-state index in [1.807, 2.05) is 31.9 Å². The maximum Gasteiger partial charge on any atom is 0.147 e. The van der Waals surface area contributed by atoms with E-state index >= 15 is 0 Å². The van der Waals surface area contributed by atoms with E-state index in [0.29, 0.717) is 18.8 Å². The second-order valence-corrected chi connectivity index (χ2v) is 4.63. The molecule has 5 heteroatoms. The molecule has 0 N–H and O–H groups in total. The molecule has 2 rings (SSSR count). The SMILES string of the molecule is COCCN(C)c1cc2c(C)nnc(C)c2cc1F. The van der Waals surface area contributed by atoms with Gasteiger partial charge in [-0.25, -0.2) is 4.39 Å². The average molecular weight is 263 g/mol. The zero-order valence-corrected chi connectivity index (χ0v) is 11.7. The van der Waals surface area contributed by atoms with Crippen LogP contribution in [0, 0.1) is 19.7 Å². The van der Waals surface area contributed by atoms with Crippen molar-refractivity contribution >= 4 is 16.5 Å². The molecule has 4 nitrogen and oxygen atoms in total. The van der Waals surface area contributed by atoms with Crippen LogP contribution in [0.4, 0.5) is 10.1 Å². The fraction of sp³-hybridized carbons (Fsp3) is 0.429. The van der Waals surface area contributed by atoms with Gasteiger partial charge >= 0.3 is 0 Å². The van der Waals surface area contributed by atoms with E-state index in [1.165, 1.54) is 6.07 Å². The van der Waals surface area contributed by atoms with Crippen LogP contribution in [-0.2, 0) is 4.74 Å². The van der Waals surface area contributed by atoms with E-state index in [0.717, 1.165) is 22.2 Å². The molecular weight excluding hydrogens is 245 g/mol. The van der Waals surface area contributed by atoms with Gasteiger partial charge in [0.2, 0.25) is 0 Å².